The van der Waals surface area contributed by atoms with E-state index in [2.05, 4.69) is 43.1 Å². The lowest BCUT2D eigenvalue weighted by Gasteiger charge is -2.46. The van der Waals surface area contributed by atoms with E-state index in [0.29, 0.717) is 18.8 Å². The highest BCUT2D eigenvalue weighted by atomic mass is 16.7. The van der Waals surface area contributed by atoms with Crippen molar-refractivity contribution in [2.45, 2.75) is 76.6 Å². The highest BCUT2D eigenvalue weighted by Crippen LogP contribution is 2.51. The molecule has 0 amide bonds. The molecule has 3 aliphatic rings. The van der Waals surface area contributed by atoms with Crippen molar-refractivity contribution in [2.24, 2.45) is 10.8 Å². The van der Waals surface area contributed by atoms with Gasteiger partial charge in [0.25, 0.3) is 0 Å². The van der Waals surface area contributed by atoms with Gasteiger partial charge in [-0.05, 0) is 62.4 Å². The number of benzene rings is 2. The second-order valence-electron chi connectivity index (χ2n) is 11.4. The van der Waals surface area contributed by atoms with Gasteiger partial charge in [-0.15, -0.1) is 0 Å². The summed E-state index contributed by atoms with van der Waals surface area (Å²) in [4.78, 5) is 13.1. The van der Waals surface area contributed by atoms with E-state index in [1.54, 1.807) is 0 Å². The summed E-state index contributed by atoms with van der Waals surface area (Å²) in [6.45, 7) is 3.56. The van der Waals surface area contributed by atoms with E-state index in [1.165, 1.54) is 6.42 Å². The Labute approximate surface area is 233 Å². The first-order valence-corrected chi connectivity index (χ1v) is 14.5. The molecule has 39 heavy (non-hydrogen) atoms. The number of esters is 1. The molecule has 2 aromatic carbocycles. The van der Waals surface area contributed by atoms with Crippen LogP contribution in [0.5, 0.6) is 0 Å². The SMILES string of the molecule is CC1(/C=C/C=C/C(OC(=O)c2ccccc2)C2(CCC#Cc3ccccc3)CCC2)CCCCC12OCCO2. The molecule has 4 heteroatoms. The predicted molar refractivity (Wildman–Crippen MR) is 154 cm³/mol. The standard InChI is InChI=1S/C35H40O4/c1-33(22-12-13-26-35(33)37-27-28-38-35)21-10-9-20-31(39-32(36)30-18-6-3-7-19-30)34(24-14-25-34)23-11-8-17-29-15-4-2-5-16-29/h2-7,9-10,15-16,18-21,31H,11-14,22-28H2,1H3/b20-9+,21-10+. The van der Waals surface area contributed by atoms with Gasteiger partial charge in [-0.2, -0.15) is 0 Å². The van der Waals surface area contributed by atoms with Crippen LogP contribution in [0.2, 0.25) is 0 Å². The van der Waals surface area contributed by atoms with E-state index >= 15 is 0 Å². The molecule has 2 unspecified atom stereocenters. The molecular formula is C35H40O4. The Bertz CT molecular complexity index is 1210. The molecule has 2 aliphatic carbocycles. The number of ether oxygens (including phenoxy) is 3. The monoisotopic (exact) mass is 524 g/mol. The van der Waals surface area contributed by atoms with E-state index in [0.717, 1.165) is 56.9 Å². The fourth-order valence-electron chi connectivity index (χ4n) is 6.33. The number of rotatable bonds is 8. The van der Waals surface area contributed by atoms with Crippen molar-refractivity contribution in [3.8, 4) is 11.8 Å². The number of hydrogen-bond donors (Lipinski definition) is 0. The molecule has 1 aliphatic heterocycles. The van der Waals surface area contributed by atoms with E-state index < -0.39 is 5.79 Å². The van der Waals surface area contributed by atoms with Crippen LogP contribution < -0.4 is 0 Å². The minimum absolute atomic E-state index is 0.0895. The Balaban J connectivity index is 1.33. The maximum atomic E-state index is 13.1. The van der Waals surface area contributed by atoms with Crippen LogP contribution in [0.1, 0.15) is 80.6 Å². The highest BCUT2D eigenvalue weighted by molar-refractivity contribution is 5.89. The first-order chi connectivity index (χ1) is 19.0. The van der Waals surface area contributed by atoms with Crippen LogP contribution in [0.15, 0.2) is 85.0 Å². The predicted octanol–water partition coefficient (Wildman–Crippen LogP) is 7.65. The van der Waals surface area contributed by atoms with Crippen molar-refractivity contribution in [1.82, 2.24) is 0 Å². The zero-order chi connectivity index (χ0) is 27.0. The molecule has 4 nitrogen and oxygen atoms in total. The maximum absolute atomic E-state index is 13.1. The largest absolute Gasteiger partial charge is 0.454 e. The number of carbonyl (C=O) groups is 1. The van der Waals surface area contributed by atoms with Crippen LogP contribution in [-0.2, 0) is 14.2 Å². The van der Waals surface area contributed by atoms with Crippen LogP contribution in [0.25, 0.3) is 0 Å². The van der Waals surface area contributed by atoms with Crippen LogP contribution in [0.4, 0.5) is 0 Å². The first kappa shape index (κ1) is 27.4. The van der Waals surface area contributed by atoms with Gasteiger partial charge in [-0.25, -0.2) is 4.79 Å². The minimum atomic E-state index is -0.513. The zero-order valence-corrected chi connectivity index (χ0v) is 23.1. The van der Waals surface area contributed by atoms with E-state index in [1.807, 2.05) is 60.7 Å². The fourth-order valence-corrected chi connectivity index (χ4v) is 6.33. The first-order valence-electron chi connectivity index (χ1n) is 14.5. The molecular weight excluding hydrogens is 484 g/mol. The molecule has 2 saturated carbocycles. The van der Waals surface area contributed by atoms with E-state index in [9.17, 15) is 4.79 Å². The zero-order valence-electron chi connectivity index (χ0n) is 23.1. The second kappa shape index (κ2) is 12.4. The third-order valence-electron chi connectivity index (χ3n) is 8.89. The molecule has 0 aromatic heterocycles. The fraction of sp³-hybridized carbons (Fsp3) is 0.457. The normalized spacial score (nSPS) is 24.2. The van der Waals surface area contributed by atoms with E-state index in [-0.39, 0.29) is 22.9 Å². The molecule has 5 rings (SSSR count). The van der Waals surface area contributed by atoms with Crippen molar-refractivity contribution in [2.75, 3.05) is 13.2 Å². The molecule has 0 bridgehead atoms. The topological polar surface area (TPSA) is 44.8 Å². The molecule has 1 saturated heterocycles. The van der Waals surface area contributed by atoms with Crippen LogP contribution in [-0.4, -0.2) is 31.1 Å². The lowest BCUT2D eigenvalue weighted by atomic mass is 9.62. The molecule has 1 heterocycles. The number of carbonyl (C=O) groups excluding carboxylic acids is 1. The lowest BCUT2D eigenvalue weighted by Crippen LogP contribution is -2.48. The third kappa shape index (κ3) is 6.21. The smallest absolute Gasteiger partial charge is 0.338 e. The van der Waals surface area contributed by atoms with Gasteiger partial charge in [0.15, 0.2) is 5.79 Å². The van der Waals surface area contributed by atoms with Crippen molar-refractivity contribution >= 4 is 5.97 Å². The van der Waals surface area contributed by atoms with E-state index in [4.69, 9.17) is 14.2 Å². The number of allylic oxidation sites excluding steroid dienone is 2. The molecule has 3 fully saturated rings. The maximum Gasteiger partial charge on any atom is 0.338 e. The van der Waals surface area contributed by atoms with Crippen LogP contribution in [0.3, 0.4) is 0 Å². The van der Waals surface area contributed by atoms with Crippen LogP contribution in [0, 0.1) is 22.7 Å². The summed E-state index contributed by atoms with van der Waals surface area (Å²) in [5.41, 5.74) is 1.34. The van der Waals surface area contributed by atoms with Gasteiger partial charge in [0.1, 0.15) is 6.10 Å². The summed E-state index contributed by atoms with van der Waals surface area (Å²) in [6.07, 6.45) is 17.3. The summed E-state index contributed by atoms with van der Waals surface area (Å²) in [5, 5.41) is 0. The Morgan fingerprint density at radius 1 is 0.923 bits per heavy atom. The minimum Gasteiger partial charge on any atom is -0.454 e. The lowest BCUT2D eigenvalue weighted by molar-refractivity contribution is -0.235. The van der Waals surface area contributed by atoms with Crippen molar-refractivity contribution < 1.29 is 19.0 Å². The molecule has 2 atom stereocenters. The molecule has 0 radical (unpaired) electrons. The summed E-state index contributed by atoms with van der Waals surface area (Å²) in [6, 6.07) is 19.4. The molecule has 1 spiro atoms. The average molecular weight is 525 g/mol. The second-order valence-corrected chi connectivity index (χ2v) is 11.4. The van der Waals surface area contributed by atoms with Gasteiger partial charge in [-0.3, -0.25) is 0 Å². The van der Waals surface area contributed by atoms with Gasteiger partial charge in [0, 0.05) is 29.2 Å². The van der Waals surface area contributed by atoms with Crippen LogP contribution >= 0.6 is 0 Å². The average Bonchev–Trinajstić information content (AvgIpc) is 3.43. The molecule has 0 N–H and O–H groups in total. The molecule has 204 valence electrons. The van der Waals surface area contributed by atoms with Crippen molar-refractivity contribution in [1.29, 1.82) is 0 Å². The summed E-state index contributed by atoms with van der Waals surface area (Å²) in [5.74, 6) is 5.84. The Kier molecular flexibility index (Phi) is 8.70. The summed E-state index contributed by atoms with van der Waals surface area (Å²) >= 11 is 0. The third-order valence-corrected chi connectivity index (χ3v) is 8.89. The van der Waals surface area contributed by atoms with Gasteiger partial charge in [0.2, 0.25) is 0 Å². The molecule has 2 aromatic rings. The van der Waals surface area contributed by atoms with Crippen molar-refractivity contribution in [3.63, 3.8) is 0 Å². The quantitative estimate of drug-likeness (QED) is 0.202. The van der Waals surface area contributed by atoms with Gasteiger partial charge >= 0.3 is 5.97 Å². The highest BCUT2D eigenvalue weighted by Gasteiger charge is 2.52. The number of hydrogen-bond acceptors (Lipinski definition) is 4. The summed E-state index contributed by atoms with van der Waals surface area (Å²) in [7, 11) is 0. The van der Waals surface area contributed by atoms with Gasteiger partial charge in [0.05, 0.1) is 18.8 Å². The summed E-state index contributed by atoms with van der Waals surface area (Å²) < 4.78 is 18.5. The Hall–Kier alpha value is -3.13. The van der Waals surface area contributed by atoms with Crippen molar-refractivity contribution in [3.05, 3.63) is 96.1 Å². The Morgan fingerprint density at radius 2 is 1.62 bits per heavy atom. The van der Waals surface area contributed by atoms with Gasteiger partial charge in [-0.1, -0.05) is 86.2 Å². The van der Waals surface area contributed by atoms with Gasteiger partial charge < -0.3 is 14.2 Å². The Morgan fingerprint density at radius 3 is 2.31 bits per heavy atom.